The third-order valence-electron chi connectivity index (χ3n) is 6.23. The zero-order valence-corrected chi connectivity index (χ0v) is 18.9. The number of ether oxygens (including phenoxy) is 1. The fourth-order valence-corrected chi connectivity index (χ4v) is 4.15. The Balaban J connectivity index is 1.76. The number of carbonyl (C=O) groups is 2. The lowest BCUT2D eigenvalue weighted by Crippen LogP contribution is -2.50. The van der Waals surface area contributed by atoms with Crippen LogP contribution in [0.5, 0.6) is 5.75 Å². The lowest BCUT2D eigenvalue weighted by Gasteiger charge is -2.31. The zero-order valence-electron chi connectivity index (χ0n) is 18.9. The van der Waals surface area contributed by atoms with E-state index in [4.69, 9.17) is 4.74 Å². The quantitative estimate of drug-likeness (QED) is 0.685. The van der Waals surface area contributed by atoms with Crippen LogP contribution < -0.4 is 10.1 Å². The second-order valence-corrected chi connectivity index (χ2v) is 8.49. The third-order valence-corrected chi connectivity index (χ3v) is 6.23. The highest BCUT2D eigenvalue weighted by Gasteiger charge is 2.28. The average Bonchev–Trinajstić information content (AvgIpc) is 2.79. The Hall–Kier alpha value is -2.82. The van der Waals surface area contributed by atoms with Crippen molar-refractivity contribution in [1.29, 1.82) is 0 Å². The number of aryl methyl sites for hydroxylation is 1. The van der Waals surface area contributed by atoms with Gasteiger partial charge < -0.3 is 15.0 Å². The monoisotopic (exact) mass is 422 g/mol. The van der Waals surface area contributed by atoms with Crippen LogP contribution in [0.2, 0.25) is 0 Å². The molecule has 2 amide bonds. The van der Waals surface area contributed by atoms with Gasteiger partial charge in [0, 0.05) is 12.6 Å². The summed E-state index contributed by atoms with van der Waals surface area (Å²) < 4.78 is 5.24. The predicted molar refractivity (Wildman–Crippen MR) is 123 cm³/mol. The van der Waals surface area contributed by atoms with E-state index in [0.29, 0.717) is 6.54 Å². The van der Waals surface area contributed by atoms with Crippen LogP contribution >= 0.6 is 0 Å². The first kappa shape index (κ1) is 22.9. The van der Waals surface area contributed by atoms with Gasteiger partial charge in [0.2, 0.25) is 11.8 Å². The molecule has 5 heteroatoms. The second kappa shape index (κ2) is 11.0. The lowest BCUT2D eigenvalue weighted by atomic mass is 9.95. The molecule has 1 aliphatic rings. The molecule has 0 aromatic heterocycles. The first-order valence-corrected chi connectivity index (χ1v) is 11.2. The number of methoxy groups -OCH3 is 1. The van der Waals surface area contributed by atoms with Crippen molar-refractivity contribution in [3.05, 3.63) is 65.2 Å². The van der Waals surface area contributed by atoms with Gasteiger partial charge in [0.15, 0.2) is 0 Å². The molecule has 0 aliphatic heterocycles. The highest BCUT2D eigenvalue weighted by Crippen LogP contribution is 2.20. The second-order valence-electron chi connectivity index (χ2n) is 8.49. The van der Waals surface area contributed by atoms with Crippen LogP contribution in [-0.4, -0.2) is 35.9 Å². The van der Waals surface area contributed by atoms with Gasteiger partial charge in [0.1, 0.15) is 11.8 Å². The van der Waals surface area contributed by atoms with Gasteiger partial charge in [-0.3, -0.25) is 9.59 Å². The Morgan fingerprint density at radius 2 is 1.74 bits per heavy atom. The molecule has 1 atom stereocenters. The van der Waals surface area contributed by atoms with Gasteiger partial charge in [-0.25, -0.2) is 0 Å². The number of rotatable bonds is 8. The van der Waals surface area contributed by atoms with Crippen molar-refractivity contribution in [2.75, 3.05) is 7.11 Å². The molecule has 2 aromatic rings. The Morgan fingerprint density at radius 3 is 2.39 bits per heavy atom. The van der Waals surface area contributed by atoms with E-state index in [0.717, 1.165) is 48.1 Å². The van der Waals surface area contributed by atoms with Crippen molar-refractivity contribution in [2.45, 2.75) is 71.0 Å². The van der Waals surface area contributed by atoms with Crippen molar-refractivity contribution in [3.63, 3.8) is 0 Å². The van der Waals surface area contributed by atoms with Crippen LogP contribution in [0.1, 0.15) is 55.7 Å². The Kier molecular flexibility index (Phi) is 8.10. The Labute approximate surface area is 185 Å². The number of hydrogen-bond donors (Lipinski definition) is 1. The minimum Gasteiger partial charge on any atom is -0.497 e. The molecule has 166 valence electrons. The van der Waals surface area contributed by atoms with Crippen molar-refractivity contribution in [1.82, 2.24) is 10.2 Å². The SMILES string of the molecule is COc1ccc(CN(C(=O)Cc2ccccc2C)C(C)C(=O)NC2CCCCC2)cc1. The summed E-state index contributed by atoms with van der Waals surface area (Å²) in [7, 11) is 1.63. The van der Waals surface area contributed by atoms with Gasteiger partial charge in [-0.1, -0.05) is 55.7 Å². The van der Waals surface area contributed by atoms with E-state index in [-0.39, 0.29) is 24.3 Å². The van der Waals surface area contributed by atoms with Gasteiger partial charge in [0.05, 0.1) is 13.5 Å². The summed E-state index contributed by atoms with van der Waals surface area (Å²) in [5.74, 6) is 0.652. The average molecular weight is 423 g/mol. The van der Waals surface area contributed by atoms with E-state index in [2.05, 4.69) is 5.32 Å². The smallest absolute Gasteiger partial charge is 0.242 e. The molecule has 3 rings (SSSR count). The van der Waals surface area contributed by atoms with Crippen LogP contribution in [0.25, 0.3) is 0 Å². The van der Waals surface area contributed by atoms with Crippen molar-refractivity contribution >= 4 is 11.8 Å². The van der Waals surface area contributed by atoms with Crippen molar-refractivity contribution < 1.29 is 14.3 Å². The number of hydrogen-bond acceptors (Lipinski definition) is 3. The van der Waals surface area contributed by atoms with Crippen molar-refractivity contribution in [3.8, 4) is 5.75 Å². The molecular formula is C26H34N2O3. The minimum absolute atomic E-state index is 0.0450. The first-order chi connectivity index (χ1) is 15.0. The van der Waals surface area contributed by atoms with E-state index < -0.39 is 6.04 Å². The van der Waals surface area contributed by atoms with E-state index in [1.807, 2.05) is 62.4 Å². The maximum Gasteiger partial charge on any atom is 0.242 e. The van der Waals surface area contributed by atoms with Crippen molar-refractivity contribution in [2.24, 2.45) is 0 Å². The number of amides is 2. The molecule has 1 aliphatic carbocycles. The molecule has 0 heterocycles. The maximum atomic E-state index is 13.4. The molecule has 1 fully saturated rings. The van der Waals surface area contributed by atoms with Gasteiger partial charge in [0.25, 0.3) is 0 Å². The molecular weight excluding hydrogens is 388 g/mol. The molecule has 1 unspecified atom stereocenters. The molecule has 0 bridgehead atoms. The van der Waals surface area contributed by atoms with Crippen LogP contribution in [0.4, 0.5) is 0 Å². The number of carbonyl (C=O) groups excluding carboxylic acids is 2. The van der Waals surface area contributed by atoms with Gasteiger partial charge in [-0.05, 0) is 55.5 Å². The largest absolute Gasteiger partial charge is 0.497 e. The highest BCUT2D eigenvalue weighted by atomic mass is 16.5. The summed E-state index contributed by atoms with van der Waals surface area (Å²) in [6, 6.07) is 15.2. The number of nitrogens with one attached hydrogen (secondary N) is 1. The molecule has 1 N–H and O–H groups in total. The molecule has 1 saturated carbocycles. The maximum absolute atomic E-state index is 13.4. The summed E-state index contributed by atoms with van der Waals surface area (Å²) in [5, 5.41) is 3.18. The van der Waals surface area contributed by atoms with E-state index in [1.54, 1.807) is 12.0 Å². The standard InChI is InChI=1S/C26H34N2O3/c1-19-9-7-8-10-22(19)17-25(29)28(18-21-13-15-24(31-3)16-14-21)20(2)26(30)27-23-11-5-4-6-12-23/h7-10,13-16,20,23H,4-6,11-12,17-18H2,1-3H3,(H,27,30). The molecule has 5 nitrogen and oxygen atoms in total. The molecule has 0 radical (unpaired) electrons. The predicted octanol–water partition coefficient (Wildman–Crippen LogP) is 4.41. The molecule has 0 saturated heterocycles. The fourth-order valence-electron chi connectivity index (χ4n) is 4.15. The zero-order chi connectivity index (χ0) is 22.2. The summed E-state index contributed by atoms with van der Waals surface area (Å²) in [5.41, 5.74) is 3.04. The summed E-state index contributed by atoms with van der Waals surface area (Å²) in [6.07, 6.45) is 5.87. The summed E-state index contributed by atoms with van der Waals surface area (Å²) in [4.78, 5) is 28.1. The minimum atomic E-state index is -0.541. The van der Waals surface area contributed by atoms with E-state index in [9.17, 15) is 9.59 Å². The molecule has 0 spiro atoms. The lowest BCUT2D eigenvalue weighted by molar-refractivity contribution is -0.140. The summed E-state index contributed by atoms with van der Waals surface area (Å²) >= 11 is 0. The Morgan fingerprint density at radius 1 is 1.06 bits per heavy atom. The number of nitrogens with zero attached hydrogens (tertiary/aromatic N) is 1. The van der Waals surface area contributed by atoms with Gasteiger partial charge in [-0.2, -0.15) is 0 Å². The fraction of sp³-hybridized carbons (Fsp3) is 0.462. The topological polar surface area (TPSA) is 58.6 Å². The normalized spacial score (nSPS) is 15.2. The van der Waals surface area contributed by atoms with Gasteiger partial charge >= 0.3 is 0 Å². The van der Waals surface area contributed by atoms with E-state index in [1.165, 1.54) is 6.42 Å². The summed E-state index contributed by atoms with van der Waals surface area (Å²) in [6.45, 7) is 4.22. The third kappa shape index (κ3) is 6.33. The van der Waals surface area contributed by atoms with E-state index >= 15 is 0 Å². The van der Waals surface area contributed by atoms with Crippen LogP contribution in [-0.2, 0) is 22.6 Å². The van der Waals surface area contributed by atoms with Crippen LogP contribution in [0, 0.1) is 6.92 Å². The van der Waals surface area contributed by atoms with Crippen LogP contribution in [0.3, 0.4) is 0 Å². The Bertz CT molecular complexity index is 872. The van der Waals surface area contributed by atoms with Crippen LogP contribution in [0.15, 0.2) is 48.5 Å². The number of benzene rings is 2. The molecule has 31 heavy (non-hydrogen) atoms. The first-order valence-electron chi connectivity index (χ1n) is 11.2. The van der Waals surface area contributed by atoms with Gasteiger partial charge in [-0.15, -0.1) is 0 Å². The highest BCUT2D eigenvalue weighted by molar-refractivity contribution is 5.88. The molecule has 2 aromatic carbocycles.